The molecule has 0 unspecified atom stereocenters. The number of ether oxygens (including phenoxy) is 1. The lowest BCUT2D eigenvalue weighted by atomic mass is 10.3. The van der Waals surface area contributed by atoms with Crippen LogP contribution in [0.1, 0.15) is 0 Å². The minimum atomic E-state index is -3.32. The van der Waals surface area contributed by atoms with E-state index in [1.54, 1.807) is 43.4 Å². The highest BCUT2D eigenvalue weighted by Crippen LogP contribution is 2.16. The van der Waals surface area contributed by atoms with Gasteiger partial charge >= 0.3 is 6.03 Å². The third kappa shape index (κ3) is 5.95. The fourth-order valence-electron chi connectivity index (χ4n) is 1.96. The summed E-state index contributed by atoms with van der Waals surface area (Å²) in [5.41, 5.74) is 0.415. The van der Waals surface area contributed by atoms with Gasteiger partial charge in [0.2, 0.25) is 0 Å². The third-order valence-corrected chi connectivity index (χ3v) is 4.73. The monoisotopic (exact) mass is 382 g/mol. The first-order valence-corrected chi connectivity index (χ1v) is 9.73. The molecule has 0 aliphatic heterocycles. The van der Waals surface area contributed by atoms with E-state index < -0.39 is 9.84 Å². The Bertz CT molecular complexity index is 838. The topological polar surface area (TPSA) is 75.7 Å². The van der Waals surface area contributed by atoms with E-state index in [-0.39, 0.29) is 10.9 Å². The summed E-state index contributed by atoms with van der Waals surface area (Å²) in [6.45, 7) is 0.676. The van der Waals surface area contributed by atoms with E-state index in [1.165, 1.54) is 17.0 Å². The second kappa shape index (κ2) is 8.22. The van der Waals surface area contributed by atoms with Crippen LogP contribution in [0.5, 0.6) is 5.75 Å². The number of nitrogens with zero attached hydrogens (tertiary/aromatic N) is 1. The first-order chi connectivity index (χ1) is 11.8. The van der Waals surface area contributed by atoms with Gasteiger partial charge in [-0.25, -0.2) is 13.2 Å². The Hall–Kier alpha value is -2.25. The summed E-state index contributed by atoms with van der Waals surface area (Å²) >= 11 is 5.80. The molecule has 0 aliphatic carbocycles. The number of sulfone groups is 1. The van der Waals surface area contributed by atoms with Crippen molar-refractivity contribution >= 4 is 33.2 Å². The predicted molar refractivity (Wildman–Crippen MR) is 98.1 cm³/mol. The van der Waals surface area contributed by atoms with E-state index in [1.807, 2.05) is 0 Å². The zero-order valence-corrected chi connectivity index (χ0v) is 15.5. The molecule has 6 nitrogen and oxygen atoms in total. The number of amides is 2. The normalized spacial score (nSPS) is 11.0. The number of carbonyl (C=O) groups excluding carboxylic acids is 1. The molecule has 0 radical (unpaired) electrons. The number of rotatable bonds is 6. The van der Waals surface area contributed by atoms with Crippen molar-refractivity contribution in [2.24, 2.45) is 0 Å². The Kier molecular flexibility index (Phi) is 6.27. The highest BCUT2D eigenvalue weighted by molar-refractivity contribution is 7.90. The highest BCUT2D eigenvalue weighted by atomic mass is 35.5. The van der Waals surface area contributed by atoms with Gasteiger partial charge in [-0.15, -0.1) is 0 Å². The van der Waals surface area contributed by atoms with Crippen molar-refractivity contribution in [1.82, 2.24) is 4.90 Å². The van der Waals surface area contributed by atoms with Gasteiger partial charge in [-0.3, -0.25) is 0 Å². The molecule has 0 saturated carbocycles. The maximum Gasteiger partial charge on any atom is 0.321 e. The second-order valence-corrected chi connectivity index (χ2v) is 7.91. The lowest BCUT2D eigenvalue weighted by molar-refractivity contribution is 0.207. The van der Waals surface area contributed by atoms with E-state index in [2.05, 4.69) is 5.32 Å². The number of benzene rings is 2. The molecule has 2 aromatic carbocycles. The van der Waals surface area contributed by atoms with Crippen molar-refractivity contribution < 1.29 is 17.9 Å². The van der Waals surface area contributed by atoms with Crippen LogP contribution in [0.3, 0.4) is 0 Å². The van der Waals surface area contributed by atoms with Crippen LogP contribution in [0.25, 0.3) is 0 Å². The SMILES string of the molecule is CN(CCOc1ccc(Cl)cc1)C(=O)Nc1cccc(S(C)(=O)=O)c1. The van der Waals surface area contributed by atoms with E-state index in [9.17, 15) is 13.2 Å². The first-order valence-electron chi connectivity index (χ1n) is 7.46. The van der Waals surface area contributed by atoms with Crippen LogP contribution in [0, 0.1) is 0 Å². The molecule has 0 saturated heterocycles. The van der Waals surface area contributed by atoms with Gasteiger partial charge in [0.1, 0.15) is 12.4 Å². The molecule has 1 N–H and O–H groups in total. The number of likely N-dealkylation sites (N-methyl/N-ethyl adjacent to an activating group) is 1. The number of nitrogens with one attached hydrogen (secondary N) is 1. The van der Waals surface area contributed by atoms with Gasteiger partial charge in [0.05, 0.1) is 11.4 Å². The maximum atomic E-state index is 12.2. The molecule has 0 fully saturated rings. The average molecular weight is 383 g/mol. The van der Waals surface area contributed by atoms with Crippen LogP contribution < -0.4 is 10.1 Å². The average Bonchev–Trinajstić information content (AvgIpc) is 2.56. The number of carbonyl (C=O) groups is 1. The lowest BCUT2D eigenvalue weighted by Gasteiger charge is -2.18. The number of halogens is 1. The molecule has 2 rings (SSSR count). The Balaban J connectivity index is 1.87. The van der Waals surface area contributed by atoms with Gasteiger partial charge < -0.3 is 15.0 Å². The summed E-state index contributed by atoms with van der Waals surface area (Å²) in [6.07, 6.45) is 1.12. The minimum absolute atomic E-state index is 0.152. The molecular weight excluding hydrogens is 364 g/mol. The molecule has 8 heteroatoms. The van der Waals surface area contributed by atoms with Crippen LogP contribution in [0.4, 0.5) is 10.5 Å². The standard InChI is InChI=1S/C17H19ClN2O4S/c1-20(10-11-24-15-8-6-13(18)7-9-15)17(21)19-14-4-3-5-16(12-14)25(2,22)23/h3-9,12H,10-11H2,1-2H3,(H,19,21). The summed E-state index contributed by atoms with van der Waals surface area (Å²) in [7, 11) is -1.70. The molecular formula is C17H19ClN2O4S. The molecule has 2 amide bonds. The molecule has 25 heavy (non-hydrogen) atoms. The highest BCUT2D eigenvalue weighted by Gasteiger charge is 2.11. The van der Waals surface area contributed by atoms with Crippen LogP contribution in [-0.4, -0.2) is 45.8 Å². The van der Waals surface area contributed by atoms with E-state index in [4.69, 9.17) is 16.3 Å². The van der Waals surface area contributed by atoms with Crippen LogP contribution in [0.15, 0.2) is 53.4 Å². The smallest absolute Gasteiger partial charge is 0.321 e. The van der Waals surface area contributed by atoms with Crippen molar-refractivity contribution in [2.75, 3.05) is 31.8 Å². The lowest BCUT2D eigenvalue weighted by Crippen LogP contribution is -2.34. The Morgan fingerprint density at radius 2 is 1.88 bits per heavy atom. The van der Waals surface area contributed by atoms with Crippen molar-refractivity contribution in [2.45, 2.75) is 4.90 Å². The molecule has 2 aromatic rings. The zero-order valence-electron chi connectivity index (χ0n) is 13.9. The summed E-state index contributed by atoms with van der Waals surface area (Å²) in [6, 6.07) is 12.7. The van der Waals surface area contributed by atoms with E-state index in [0.29, 0.717) is 29.6 Å². The molecule has 0 aliphatic rings. The Morgan fingerprint density at radius 3 is 2.52 bits per heavy atom. The summed E-state index contributed by atoms with van der Waals surface area (Å²) in [5.74, 6) is 0.666. The van der Waals surface area contributed by atoms with Gasteiger partial charge in [-0.2, -0.15) is 0 Å². The van der Waals surface area contributed by atoms with E-state index >= 15 is 0 Å². The van der Waals surface area contributed by atoms with Gasteiger partial charge in [-0.05, 0) is 42.5 Å². The number of hydrogen-bond donors (Lipinski definition) is 1. The maximum absolute atomic E-state index is 12.2. The van der Waals surface area contributed by atoms with Crippen LogP contribution >= 0.6 is 11.6 Å². The van der Waals surface area contributed by atoms with Crippen molar-refractivity contribution in [3.8, 4) is 5.75 Å². The molecule has 0 spiro atoms. The number of urea groups is 1. The fraction of sp³-hybridized carbons (Fsp3) is 0.235. The van der Waals surface area contributed by atoms with Crippen LogP contribution in [0.2, 0.25) is 5.02 Å². The van der Waals surface area contributed by atoms with E-state index in [0.717, 1.165) is 6.26 Å². The number of anilines is 1. The quantitative estimate of drug-likeness (QED) is 0.831. The van der Waals surface area contributed by atoms with Crippen LogP contribution in [-0.2, 0) is 9.84 Å². The van der Waals surface area contributed by atoms with Crippen molar-refractivity contribution in [3.05, 3.63) is 53.6 Å². The molecule has 134 valence electrons. The molecule has 0 bridgehead atoms. The molecule has 0 heterocycles. The predicted octanol–water partition coefficient (Wildman–Crippen LogP) is 3.29. The zero-order chi connectivity index (χ0) is 18.4. The summed E-state index contributed by atoms with van der Waals surface area (Å²) in [4.78, 5) is 13.8. The van der Waals surface area contributed by atoms with Gasteiger partial charge in [0, 0.05) is 24.0 Å². The molecule has 0 aromatic heterocycles. The minimum Gasteiger partial charge on any atom is -0.492 e. The largest absolute Gasteiger partial charge is 0.492 e. The second-order valence-electron chi connectivity index (χ2n) is 5.45. The fourth-order valence-corrected chi connectivity index (χ4v) is 2.75. The number of hydrogen-bond acceptors (Lipinski definition) is 4. The Morgan fingerprint density at radius 1 is 1.20 bits per heavy atom. The molecule has 0 atom stereocenters. The first kappa shape index (κ1) is 19.1. The van der Waals surface area contributed by atoms with Gasteiger partial charge in [0.15, 0.2) is 9.84 Å². The van der Waals surface area contributed by atoms with Crippen molar-refractivity contribution in [1.29, 1.82) is 0 Å². The van der Waals surface area contributed by atoms with Gasteiger partial charge in [-0.1, -0.05) is 17.7 Å². The third-order valence-electron chi connectivity index (χ3n) is 3.37. The van der Waals surface area contributed by atoms with Gasteiger partial charge in [0.25, 0.3) is 0 Å². The summed E-state index contributed by atoms with van der Waals surface area (Å²) < 4.78 is 28.6. The summed E-state index contributed by atoms with van der Waals surface area (Å²) in [5, 5.41) is 3.29. The Labute approximate surface area is 152 Å². The van der Waals surface area contributed by atoms with Crippen molar-refractivity contribution in [3.63, 3.8) is 0 Å².